The van der Waals surface area contributed by atoms with Gasteiger partial charge in [0.1, 0.15) is 12.1 Å². The van der Waals surface area contributed by atoms with Crippen LogP contribution in [0, 0.1) is 0 Å². The number of rotatable bonds is 6. The number of amides is 4. The van der Waals surface area contributed by atoms with Gasteiger partial charge in [-0.15, -0.1) is 0 Å². The summed E-state index contributed by atoms with van der Waals surface area (Å²) in [6.07, 6.45) is 0.736. The maximum Gasteiger partial charge on any atom is 0.325 e. The average molecular weight is 543 g/mol. The van der Waals surface area contributed by atoms with E-state index in [1.165, 1.54) is 9.21 Å². The van der Waals surface area contributed by atoms with Crippen LogP contribution >= 0.6 is 0 Å². The Morgan fingerprint density at radius 2 is 1.66 bits per heavy atom. The lowest BCUT2D eigenvalue weighted by atomic mass is 9.91. The minimum atomic E-state index is -3.53. The largest absolute Gasteiger partial charge is 0.490 e. The van der Waals surface area contributed by atoms with Gasteiger partial charge in [-0.1, -0.05) is 36.4 Å². The molecule has 0 bridgehead atoms. The highest BCUT2D eigenvalue weighted by Gasteiger charge is 2.50. The van der Waals surface area contributed by atoms with Gasteiger partial charge in [-0.25, -0.2) is 13.2 Å². The van der Waals surface area contributed by atoms with Gasteiger partial charge in [0.2, 0.25) is 15.9 Å². The summed E-state index contributed by atoms with van der Waals surface area (Å²) >= 11 is 0. The highest BCUT2D eigenvalue weighted by molar-refractivity contribution is 7.88. The zero-order chi connectivity index (χ0) is 26.9. The molecule has 1 atom stereocenters. The van der Waals surface area contributed by atoms with Crippen molar-refractivity contribution in [2.24, 2.45) is 0 Å². The maximum atomic E-state index is 13.4. The van der Waals surface area contributed by atoms with E-state index in [9.17, 15) is 22.8 Å². The number of fused-ring (bicyclic) bond motifs is 1. The molecule has 1 unspecified atom stereocenters. The van der Waals surface area contributed by atoms with Gasteiger partial charge < -0.3 is 19.7 Å². The molecule has 11 nitrogen and oxygen atoms in total. The lowest BCUT2D eigenvalue weighted by Gasteiger charge is -2.34. The molecule has 0 aliphatic carbocycles. The number of nitrogens with zero attached hydrogens (tertiary/aromatic N) is 3. The van der Waals surface area contributed by atoms with Crippen LogP contribution in [0.15, 0.2) is 48.5 Å². The van der Waals surface area contributed by atoms with Crippen molar-refractivity contribution in [3.05, 3.63) is 59.7 Å². The average Bonchev–Trinajstić information content (AvgIpc) is 3.06. The molecule has 3 heterocycles. The molecular weight excluding hydrogens is 512 g/mol. The summed E-state index contributed by atoms with van der Waals surface area (Å²) in [6, 6.07) is 13.3. The first-order valence-electron chi connectivity index (χ1n) is 12.5. The summed E-state index contributed by atoms with van der Waals surface area (Å²) < 4.78 is 38.4. The number of benzene rings is 2. The fraction of sp³-hybridized carbons (Fsp3) is 0.423. The van der Waals surface area contributed by atoms with Crippen molar-refractivity contribution in [1.29, 1.82) is 0 Å². The Labute approximate surface area is 221 Å². The van der Waals surface area contributed by atoms with Crippen molar-refractivity contribution >= 4 is 27.9 Å². The van der Waals surface area contributed by atoms with E-state index in [2.05, 4.69) is 5.32 Å². The molecule has 202 valence electrons. The third-order valence-corrected chi connectivity index (χ3v) is 8.92. The molecule has 2 fully saturated rings. The molecule has 0 radical (unpaired) electrons. The van der Waals surface area contributed by atoms with Crippen LogP contribution in [0.5, 0.6) is 11.5 Å². The van der Waals surface area contributed by atoms with E-state index >= 15 is 0 Å². The topological polar surface area (TPSA) is 126 Å². The van der Waals surface area contributed by atoms with Crippen LogP contribution in [-0.2, 0) is 30.9 Å². The maximum absolute atomic E-state index is 13.4. The zero-order valence-corrected chi connectivity index (χ0v) is 21.9. The number of ether oxygens (including phenoxy) is 2. The molecule has 0 spiro atoms. The van der Waals surface area contributed by atoms with Gasteiger partial charge in [0.05, 0.1) is 19.0 Å². The molecule has 2 aromatic carbocycles. The highest BCUT2D eigenvalue weighted by Crippen LogP contribution is 2.36. The monoisotopic (exact) mass is 542 g/mol. The predicted octanol–water partition coefficient (Wildman–Crippen LogP) is 1.29. The predicted molar refractivity (Wildman–Crippen MR) is 137 cm³/mol. The molecule has 0 aromatic heterocycles. The van der Waals surface area contributed by atoms with E-state index in [0.717, 1.165) is 11.3 Å². The first kappa shape index (κ1) is 26.0. The molecular formula is C26H30N4O7S. The van der Waals surface area contributed by atoms with Crippen LogP contribution in [0.25, 0.3) is 0 Å². The molecule has 3 aliphatic heterocycles. The van der Waals surface area contributed by atoms with E-state index in [-0.39, 0.29) is 31.9 Å². The minimum absolute atomic E-state index is 0.108. The van der Waals surface area contributed by atoms with Gasteiger partial charge in [0, 0.05) is 32.6 Å². The number of carbonyl (C=O) groups excluding carboxylic acids is 3. The Kier molecular flexibility index (Phi) is 7.01. The summed E-state index contributed by atoms with van der Waals surface area (Å²) in [7, 11) is -3.53. The number of hydrogen-bond acceptors (Lipinski definition) is 7. The Balaban J connectivity index is 1.21. The second kappa shape index (κ2) is 10.3. The second-order valence-corrected chi connectivity index (χ2v) is 11.6. The first-order valence-corrected chi connectivity index (χ1v) is 14.1. The minimum Gasteiger partial charge on any atom is -0.490 e. The van der Waals surface area contributed by atoms with Gasteiger partial charge in [-0.05, 0) is 30.2 Å². The molecule has 4 amide bonds. The third-order valence-electron chi connectivity index (χ3n) is 7.07. The number of imide groups is 1. The number of hydrogen-bond donors (Lipinski definition) is 1. The van der Waals surface area contributed by atoms with Gasteiger partial charge in [0.15, 0.2) is 11.5 Å². The number of sulfonamides is 1. The molecule has 0 saturated carbocycles. The smallest absolute Gasteiger partial charge is 0.325 e. The van der Waals surface area contributed by atoms with E-state index in [0.29, 0.717) is 35.8 Å². The normalized spacial score (nSPS) is 22.2. The molecule has 3 aliphatic rings. The van der Waals surface area contributed by atoms with Crippen molar-refractivity contribution in [1.82, 2.24) is 19.4 Å². The lowest BCUT2D eigenvalue weighted by Crippen LogP contribution is -2.53. The molecule has 5 rings (SSSR count). The number of carbonyl (C=O) groups is 3. The highest BCUT2D eigenvalue weighted by atomic mass is 32.2. The van der Waals surface area contributed by atoms with Crippen molar-refractivity contribution in [3.63, 3.8) is 0 Å². The van der Waals surface area contributed by atoms with Crippen LogP contribution in [0.4, 0.5) is 4.79 Å². The summed E-state index contributed by atoms with van der Waals surface area (Å²) in [5.41, 5.74) is -0.153. The van der Waals surface area contributed by atoms with Crippen LogP contribution in [0.3, 0.4) is 0 Å². The second-order valence-electron chi connectivity index (χ2n) is 9.68. The van der Waals surface area contributed by atoms with Gasteiger partial charge >= 0.3 is 6.03 Å². The summed E-state index contributed by atoms with van der Waals surface area (Å²) in [5, 5.41) is 2.71. The molecule has 2 saturated heterocycles. The third kappa shape index (κ3) is 5.05. The fourth-order valence-electron chi connectivity index (χ4n) is 4.84. The zero-order valence-electron chi connectivity index (χ0n) is 21.1. The number of piperazine rings is 1. The van der Waals surface area contributed by atoms with Crippen LogP contribution in [0.2, 0.25) is 0 Å². The summed E-state index contributed by atoms with van der Waals surface area (Å²) in [5.74, 6) is -0.00438. The van der Waals surface area contributed by atoms with Gasteiger partial charge in [-0.2, -0.15) is 4.31 Å². The SMILES string of the molecule is CC1(c2ccc3c(c2)OCCCO3)NC(=O)N(CC(=O)N2CCN(S(=O)(=O)Cc3ccccc3)CC2)C1=O. The van der Waals surface area contributed by atoms with E-state index in [1.54, 1.807) is 49.4 Å². The van der Waals surface area contributed by atoms with E-state index < -0.39 is 40.0 Å². The van der Waals surface area contributed by atoms with Crippen LogP contribution < -0.4 is 14.8 Å². The van der Waals surface area contributed by atoms with Crippen molar-refractivity contribution in [3.8, 4) is 11.5 Å². The van der Waals surface area contributed by atoms with Crippen LogP contribution in [-0.4, -0.2) is 86.3 Å². The lowest BCUT2D eigenvalue weighted by molar-refractivity contribution is -0.139. The first-order chi connectivity index (χ1) is 18.2. The van der Waals surface area contributed by atoms with E-state index in [1.807, 2.05) is 6.07 Å². The summed E-state index contributed by atoms with van der Waals surface area (Å²) in [4.78, 5) is 41.5. The number of urea groups is 1. The molecule has 2 aromatic rings. The van der Waals surface area contributed by atoms with Crippen molar-refractivity contribution in [2.75, 3.05) is 45.9 Å². The van der Waals surface area contributed by atoms with Crippen LogP contribution in [0.1, 0.15) is 24.5 Å². The quantitative estimate of drug-likeness (QED) is 0.545. The van der Waals surface area contributed by atoms with Crippen molar-refractivity contribution < 1.29 is 32.3 Å². The Morgan fingerprint density at radius 1 is 0.974 bits per heavy atom. The summed E-state index contributed by atoms with van der Waals surface area (Å²) in [6.45, 7) is 2.82. The van der Waals surface area contributed by atoms with Gasteiger partial charge in [0.25, 0.3) is 5.91 Å². The molecule has 38 heavy (non-hydrogen) atoms. The Hall–Kier alpha value is -3.64. The van der Waals surface area contributed by atoms with Gasteiger partial charge in [-0.3, -0.25) is 14.5 Å². The molecule has 1 N–H and O–H groups in total. The standard InChI is InChI=1S/C26H30N4O7S/c1-26(20-8-9-21-22(16-20)37-15-5-14-36-21)24(32)30(25(33)27-26)17-23(31)28-10-12-29(13-11-28)38(34,35)18-19-6-3-2-4-7-19/h2-4,6-9,16H,5,10-15,17-18H2,1H3,(H,27,33). The fourth-order valence-corrected chi connectivity index (χ4v) is 6.35. The Bertz CT molecular complexity index is 1340. The van der Waals surface area contributed by atoms with Crippen molar-refractivity contribution in [2.45, 2.75) is 24.6 Å². The molecule has 12 heteroatoms. The van der Waals surface area contributed by atoms with E-state index in [4.69, 9.17) is 9.47 Å². The number of nitrogens with one attached hydrogen (secondary N) is 1. The Morgan fingerprint density at radius 3 is 2.37 bits per heavy atom.